The number of fused-ring (bicyclic) bond motifs is 2. The zero-order valence-electron chi connectivity index (χ0n) is 13.1. The molecule has 5 heteroatoms. The van der Waals surface area contributed by atoms with Crippen molar-refractivity contribution < 1.29 is 9.13 Å². The highest BCUT2D eigenvalue weighted by Gasteiger charge is 2.21. The fourth-order valence-corrected chi connectivity index (χ4v) is 3.10. The van der Waals surface area contributed by atoms with E-state index in [0.29, 0.717) is 28.5 Å². The molecule has 0 saturated carbocycles. The number of benzene rings is 2. The van der Waals surface area contributed by atoms with E-state index in [-0.39, 0.29) is 5.82 Å². The van der Waals surface area contributed by atoms with Gasteiger partial charge in [-0.15, -0.1) is 0 Å². The van der Waals surface area contributed by atoms with Crippen molar-refractivity contribution in [1.29, 1.82) is 0 Å². The summed E-state index contributed by atoms with van der Waals surface area (Å²) in [6, 6.07) is 12.7. The van der Waals surface area contributed by atoms with Gasteiger partial charge in [0.15, 0.2) is 0 Å². The number of nitrogens with zero attached hydrogens (tertiary/aromatic N) is 1. The molecule has 24 heavy (non-hydrogen) atoms. The van der Waals surface area contributed by atoms with Gasteiger partial charge in [0.1, 0.15) is 22.0 Å². The number of ether oxygens (including phenoxy) is 1. The van der Waals surface area contributed by atoms with Gasteiger partial charge < -0.3 is 9.72 Å². The SMILES string of the molecule is CCc1ccc(-c2nc(=S)c3c([nH]2)Oc2ccc(F)cc2C3)cc1. The highest BCUT2D eigenvalue weighted by atomic mass is 32.1. The van der Waals surface area contributed by atoms with Gasteiger partial charge in [0.2, 0.25) is 5.88 Å². The maximum absolute atomic E-state index is 13.4. The van der Waals surface area contributed by atoms with Crippen LogP contribution in [0.4, 0.5) is 4.39 Å². The minimum atomic E-state index is -0.281. The van der Waals surface area contributed by atoms with Crippen molar-refractivity contribution in [2.75, 3.05) is 0 Å². The lowest BCUT2D eigenvalue weighted by Gasteiger charge is -2.20. The van der Waals surface area contributed by atoms with Gasteiger partial charge in [0, 0.05) is 17.5 Å². The van der Waals surface area contributed by atoms with Gasteiger partial charge in [-0.2, -0.15) is 0 Å². The molecule has 0 aliphatic carbocycles. The summed E-state index contributed by atoms with van der Waals surface area (Å²) < 4.78 is 19.8. The molecule has 3 aromatic rings. The van der Waals surface area contributed by atoms with Crippen LogP contribution >= 0.6 is 12.2 Å². The molecule has 4 rings (SSSR count). The van der Waals surface area contributed by atoms with E-state index in [1.807, 2.05) is 12.1 Å². The molecule has 0 amide bonds. The molecule has 0 unspecified atom stereocenters. The topological polar surface area (TPSA) is 37.9 Å². The molecule has 1 aromatic heterocycles. The number of rotatable bonds is 2. The number of halogens is 1. The summed E-state index contributed by atoms with van der Waals surface area (Å²) in [6.45, 7) is 2.12. The Bertz CT molecular complexity index is 980. The Hall–Kier alpha value is -2.53. The molecule has 0 fully saturated rings. The highest BCUT2D eigenvalue weighted by Crippen LogP contribution is 2.36. The Kier molecular flexibility index (Phi) is 3.65. The van der Waals surface area contributed by atoms with Gasteiger partial charge in [0.25, 0.3) is 0 Å². The average Bonchev–Trinajstić information content (AvgIpc) is 2.60. The number of aryl methyl sites for hydroxylation is 1. The third-order valence-electron chi connectivity index (χ3n) is 4.21. The molecule has 2 aromatic carbocycles. The minimum absolute atomic E-state index is 0.281. The molecule has 0 saturated heterocycles. The van der Waals surface area contributed by atoms with Crippen molar-refractivity contribution >= 4 is 12.2 Å². The number of hydrogen-bond acceptors (Lipinski definition) is 3. The lowest BCUT2D eigenvalue weighted by atomic mass is 10.0. The number of nitrogens with one attached hydrogen (secondary N) is 1. The van der Waals surface area contributed by atoms with Crippen molar-refractivity contribution in [2.45, 2.75) is 19.8 Å². The van der Waals surface area contributed by atoms with Crippen LogP contribution in [0.15, 0.2) is 42.5 Å². The van der Waals surface area contributed by atoms with Gasteiger partial charge in [-0.05, 0) is 30.2 Å². The average molecular weight is 338 g/mol. The van der Waals surface area contributed by atoms with E-state index >= 15 is 0 Å². The summed E-state index contributed by atoms with van der Waals surface area (Å²) in [5, 5.41) is 0. The van der Waals surface area contributed by atoms with E-state index in [1.54, 1.807) is 6.07 Å². The van der Waals surface area contributed by atoms with Gasteiger partial charge in [-0.1, -0.05) is 43.4 Å². The first-order valence-corrected chi connectivity index (χ1v) is 8.23. The van der Waals surface area contributed by atoms with E-state index in [0.717, 1.165) is 23.1 Å². The lowest BCUT2D eigenvalue weighted by Crippen LogP contribution is -2.08. The molecule has 0 atom stereocenters. The lowest BCUT2D eigenvalue weighted by molar-refractivity contribution is 0.437. The molecule has 1 aliphatic rings. The quantitative estimate of drug-likeness (QED) is 0.510. The summed E-state index contributed by atoms with van der Waals surface area (Å²) in [6.07, 6.45) is 1.50. The third kappa shape index (κ3) is 2.61. The highest BCUT2D eigenvalue weighted by molar-refractivity contribution is 7.71. The zero-order chi connectivity index (χ0) is 16.7. The van der Waals surface area contributed by atoms with E-state index in [9.17, 15) is 4.39 Å². The summed E-state index contributed by atoms with van der Waals surface area (Å²) >= 11 is 5.43. The first-order chi connectivity index (χ1) is 11.6. The standard InChI is InChI=1S/C19H15FN2OS/c1-2-11-3-5-12(6-4-11)17-21-18-15(19(24)22-17)10-13-9-14(20)7-8-16(13)23-18/h3-9H,2,10H2,1H3,(H,21,22,24). The first kappa shape index (κ1) is 15.0. The van der Waals surface area contributed by atoms with Crippen LogP contribution in [0.2, 0.25) is 0 Å². The van der Waals surface area contributed by atoms with Gasteiger partial charge in [-0.3, -0.25) is 0 Å². The molecule has 1 aliphatic heterocycles. The molecule has 0 radical (unpaired) electrons. The smallest absolute Gasteiger partial charge is 0.205 e. The molecule has 3 nitrogen and oxygen atoms in total. The Labute approximate surface area is 144 Å². The second-order valence-electron chi connectivity index (χ2n) is 5.78. The Morgan fingerprint density at radius 1 is 1.21 bits per heavy atom. The summed E-state index contributed by atoms with van der Waals surface area (Å²) in [5.74, 6) is 1.62. The molecule has 1 N–H and O–H groups in total. The summed E-state index contributed by atoms with van der Waals surface area (Å²) in [7, 11) is 0. The summed E-state index contributed by atoms with van der Waals surface area (Å²) in [5.41, 5.74) is 3.79. The van der Waals surface area contributed by atoms with Crippen molar-refractivity contribution in [3.8, 4) is 23.0 Å². The zero-order valence-corrected chi connectivity index (χ0v) is 13.9. The van der Waals surface area contributed by atoms with Crippen LogP contribution in [-0.4, -0.2) is 9.97 Å². The van der Waals surface area contributed by atoms with Crippen molar-refractivity contribution in [2.24, 2.45) is 0 Å². The van der Waals surface area contributed by atoms with Crippen LogP contribution in [0, 0.1) is 10.5 Å². The predicted molar refractivity (Wildman–Crippen MR) is 93.5 cm³/mol. The normalized spacial score (nSPS) is 12.2. The number of hydrogen-bond donors (Lipinski definition) is 1. The molecule has 2 heterocycles. The largest absolute Gasteiger partial charge is 0.440 e. The second kappa shape index (κ2) is 5.83. The van der Waals surface area contributed by atoms with Crippen LogP contribution in [0.25, 0.3) is 11.4 Å². The molecule has 0 bridgehead atoms. The molecule has 120 valence electrons. The summed E-state index contributed by atoms with van der Waals surface area (Å²) in [4.78, 5) is 7.71. The first-order valence-electron chi connectivity index (χ1n) is 7.83. The second-order valence-corrected chi connectivity index (χ2v) is 6.17. The van der Waals surface area contributed by atoms with Gasteiger partial charge >= 0.3 is 0 Å². The van der Waals surface area contributed by atoms with Gasteiger partial charge in [-0.25, -0.2) is 9.37 Å². The van der Waals surface area contributed by atoms with Crippen molar-refractivity contribution in [1.82, 2.24) is 9.97 Å². The fourth-order valence-electron chi connectivity index (χ4n) is 2.84. The van der Waals surface area contributed by atoms with Crippen LogP contribution in [0.5, 0.6) is 11.6 Å². The molecular formula is C19H15FN2OS. The fraction of sp³-hybridized carbons (Fsp3) is 0.158. The Balaban J connectivity index is 1.77. The number of H-pyrrole nitrogens is 1. The van der Waals surface area contributed by atoms with Gasteiger partial charge in [0.05, 0.1) is 5.56 Å². The van der Waals surface area contributed by atoms with E-state index in [1.165, 1.54) is 17.7 Å². The molecule has 0 spiro atoms. The van der Waals surface area contributed by atoms with E-state index in [4.69, 9.17) is 17.0 Å². The van der Waals surface area contributed by atoms with Crippen LogP contribution in [0.1, 0.15) is 23.6 Å². The van der Waals surface area contributed by atoms with Crippen molar-refractivity contribution in [3.63, 3.8) is 0 Å². The Morgan fingerprint density at radius 3 is 2.75 bits per heavy atom. The van der Waals surface area contributed by atoms with Crippen LogP contribution in [0.3, 0.4) is 0 Å². The number of aromatic nitrogens is 2. The van der Waals surface area contributed by atoms with Crippen molar-refractivity contribution in [3.05, 3.63) is 69.6 Å². The third-order valence-corrected chi connectivity index (χ3v) is 4.55. The maximum Gasteiger partial charge on any atom is 0.205 e. The number of aromatic amines is 1. The van der Waals surface area contributed by atoms with Crippen LogP contribution < -0.4 is 4.74 Å². The minimum Gasteiger partial charge on any atom is -0.440 e. The molecular weight excluding hydrogens is 323 g/mol. The Morgan fingerprint density at radius 2 is 2.00 bits per heavy atom. The maximum atomic E-state index is 13.4. The predicted octanol–water partition coefficient (Wildman–Crippen LogP) is 5.20. The van der Waals surface area contributed by atoms with E-state index in [2.05, 4.69) is 29.0 Å². The monoisotopic (exact) mass is 338 g/mol. The van der Waals surface area contributed by atoms with Crippen LogP contribution in [-0.2, 0) is 12.8 Å². The van der Waals surface area contributed by atoms with E-state index < -0.39 is 0 Å².